The number of para-hydroxylation sites is 2. The molecule has 5 rings (SSSR count). The first kappa shape index (κ1) is 20.1. The van der Waals surface area contributed by atoms with Gasteiger partial charge in [0.1, 0.15) is 5.82 Å². The van der Waals surface area contributed by atoms with Crippen LogP contribution in [0.1, 0.15) is 17.3 Å². The van der Waals surface area contributed by atoms with Gasteiger partial charge in [0.25, 0.3) is 5.56 Å². The highest BCUT2D eigenvalue weighted by Gasteiger charge is 2.17. The highest BCUT2D eigenvalue weighted by atomic mass is 32.2. The molecule has 6 nitrogen and oxygen atoms in total. The number of halogens is 1. The van der Waals surface area contributed by atoms with E-state index in [1.807, 2.05) is 36.4 Å². The summed E-state index contributed by atoms with van der Waals surface area (Å²) >= 11 is 1.24. The highest BCUT2D eigenvalue weighted by Crippen LogP contribution is 2.25. The van der Waals surface area contributed by atoms with Gasteiger partial charge >= 0.3 is 0 Å². The fourth-order valence-corrected chi connectivity index (χ4v) is 4.21. The lowest BCUT2D eigenvalue weighted by Crippen LogP contribution is -2.22. The zero-order valence-electron chi connectivity index (χ0n) is 16.8. The van der Waals surface area contributed by atoms with Gasteiger partial charge in [-0.15, -0.1) is 10.2 Å². The molecule has 0 fully saturated rings. The molecule has 0 aliphatic carbocycles. The molecule has 8 heteroatoms. The first-order chi connectivity index (χ1) is 15.7. The van der Waals surface area contributed by atoms with Crippen molar-refractivity contribution in [3.05, 3.63) is 112 Å². The Morgan fingerprint density at radius 1 is 0.875 bits per heavy atom. The van der Waals surface area contributed by atoms with Crippen molar-refractivity contribution in [3.8, 4) is 5.69 Å². The van der Waals surface area contributed by atoms with E-state index >= 15 is 0 Å². The van der Waals surface area contributed by atoms with Gasteiger partial charge in [0.2, 0.25) is 11.8 Å². The monoisotopic (exact) mass is 444 g/mol. The summed E-state index contributed by atoms with van der Waals surface area (Å²) in [6, 6.07) is 23.0. The maximum atomic E-state index is 14.6. The molecule has 2 aromatic heterocycles. The Morgan fingerprint density at radius 3 is 2.44 bits per heavy atom. The average Bonchev–Trinajstić information content (AvgIpc) is 3.26. The summed E-state index contributed by atoms with van der Waals surface area (Å²) in [5.74, 6) is 0.700. The van der Waals surface area contributed by atoms with E-state index in [4.69, 9.17) is 4.42 Å². The predicted molar refractivity (Wildman–Crippen MR) is 120 cm³/mol. The molecule has 2 heterocycles. The van der Waals surface area contributed by atoms with Crippen molar-refractivity contribution in [2.24, 2.45) is 0 Å². The molecule has 0 aliphatic heterocycles. The zero-order valence-corrected chi connectivity index (χ0v) is 17.6. The number of thioether (sulfide) groups is 1. The van der Waals surface area contributed by atoms with Crippen molar-refractivity contribution in [2.45, 2.75) is 17.3 Å². The summed E-state index contributed by atoms with van der Waals surface area (Å²) < 4.78 is 21.6. The maximum absolute atomic E-state index is 14.6. The van der Waals surface area contributed by atoms with Crippen LogP contribution in [0.4, 0.5) is 4.39 Å². The topological polar surface area (TPSA) is 73.8 Å². The molecule has 32 heavy (non-hydrogen) atoms. The lowest BCUT2D eigenvalue weighted by atomic mass is 10.2. The molecular weight excluding hydrogens is 427 g/mol. The summed E-state index contributed by atoms with van der Waals surface area (Å²) in [6.07, 6.45) is 0.534. The molecule has 0 spiro atoms. The third-order valence-electron chi connectivity index (χ3n) is 4.87. The van der Waals surface area contributed by atoms with Crippen LogP contribution in [0.5, 0.6) is 0 Å². The maximum Gasteiger partial charge on any atom is 0.266 e. The van der Waals surface area contributed by atoms with Gasteiger partial charge in [0.15, 0.2) is 5.16 Å². The molecule has 0 radical (unpaired) electrons. The van der Waals surface area contributed by atoms with Gasteiger partial charge in [-0.2, -0.15) is 0 Å². The summed E-state index contributed by atoms with van der Waals surface area (Å²) in [7, 11) is 0. The Kier molecular flexibility index (Phi) is 5.51. The Bertz CT molecular complexity index is 1450. The van der Waals surface area contributed by atoms with Crippen LogP contribution in [-0.4, -0.2) is 19.7 Å². The molecule has 0 unspecified atom stereocenters. The van der Waals surface area contributed by atoms with Crippen LogP contribution in [0.3, 0.4) is 0 Å². The summed E-state index contributed by atoms with van der Waals surface area (Å²) in [4.78, 5) is 17.8. The van der Waals surface area contributed by atoms with Gasteiger partial charge in [-0.25, -0.2) is 9.37 Å². The molecule has 158 valence electrons. The minimum Gasteiger partial charge on any atom is -0.424 e. The van der Waals surface area contributed by atoms with E-state index in [0.29, 0.717) is 40.0 Å². The highest BCUT2D eigenvalue weighted by molar-refractivity contribution is 7.98. The average molecular weight is 444 g/mol. The number of rotatable bonds is 6. The number of fused-ring (bicyclic) bond motifs is 1. The van der Waals surface area contributed by atoms with E-state index in [-0.39, 0.29) is 11.2 Å². The minimum atomic E-state index is -0.503. The van der Waals surface area contributed by atoms with E-state index in [2.05, 4.69) is 15.2 Å². The third-order valence-corrected chi connectivity index (χ3v) is 5.79. The summed E-state index contributed by atoms with van der Waals surface area (Å²) in [5, 5.41) is 8.98. The van der Waals surface area contributed by atoms with Crippen LogP contribution in [0, 0.1) is 5.82 Å². The fraction of sp³-hybridized carbons (Fsp3) is 0.0833. The lowest BCUT2D eigenvalue weighted by Gasteiger charge is -2.13. The van der Waals surface area contributed by atoms with Crippen LogP contribution in [0.15, 0.2) is 93.2 Å². The SMILES string of the molecule is O=c1c2ccccc2nc(SCc2nnc(Cc3ccccc3)o2)n1-c1ccccc1F. The van der Waals surface area contributed by atoms with Crippen molar-refractivity contribution in [1.29, 1.82) is 0 Å². The Labute approximate surface area is 186 Å². The molecule has 0 aliphatic rings. The molecule has 0 N–H and O–H groups in total. The van der Waals surface area contributed by atoms with Gasteiger partial charge in [0, 0.05) is 0 Å². The van der Waals surface area contributed by atoms with Crippen molar-refractivity contribution in [2.75, 3.05) is 0 Å². The molecule has 0 bridgehead atoms. The van der Waals surface area contributed by atoms with E-state index in [1.165, 1.54) is 22.4 Å². The number of nitrogens with zero attached hydrogens (tertiary/aromatic N) is 4. The first-order valence-corrected chi connectivity index (χ1v) is 10.9. The normalized spacial score (nSPS) is 11.2. The molecular formula is C24H17FN4O2S. The van der Waals surface area contributed by atoms with Gasteiger partial charge in [-0.05, 0) is 29.8 Å². The second kappa shape index (κ2) is 8.76. The molecule has 5 aromatic rings. The van der Waals surface area contributed by atoms with Crippen molar-refractivity contribution >= 4 is 22.7 Å². The number of hydrogen-bond donors (Lipinski definition) is 0. The standard InChI is InChI=1S/C24H17FN4O2S/c25-18-11-5-7-13-20(18)29-23(30)17-10-4-6-12-19(17)26-24(29)32-15-22-28-27-21(31-22)14-16-8-2-1-3-9-16/h1-13H,14-15H2. The molecule has 0 atom stereocenters. The number of aromatic nitrogens is 4. The van der Waals surface area contributed by atoms with Crippen LogP contribution in [0.25, 0.3) is 16.6 Å². The van der Waals surface area contributed by atoms with E-state index < -0.39 is 5.82 Å². The van der Waals surface area contributed by atoms with Crippen LogP contribution in [0.2, 0.25) is 0 Å². The minimum absolute atomic E-state index is 0.147. The predicted octanol–water partition coefficient (Wildman–Crippen LogP) is 4.79. The number of hydrogen-bond acceptors (Lipinski definition) is 6. The van der Waals surface area contributed by atoms with Gasteiger partial charge in [0.05, 0.1) is 28.8 Å². The van der Waals surface area contributed by atoms with E-state index in [0.717, 1.165) is 5.56 Å². The molecule has 0 saturated heterocycles. The van der Waals surface area contributed by atoms with Crippen molar-refractivity contribution < 1.29 is 8.81 Å². The zero-order chi connectivity index (χ0) is 21.9. The smallest absolute Gasteiger partial charge is 0.266 e. The number of benzene rings is 3. The van der Waals surface area contributed by atoms with E-state index in [9.17, 15) is 9.18 Å². The van der Waals surface area contributed by atoms with Crippen LogP contribution >= 0.6 is 11.8 Å². The van der Waals surface area contributed by atoms with Gasteiger partial charge in [-0.1, -0.05) is 66.4 Å². The van der Waals surface area contributed by atoms with Crippen LogP contribution < -0.4 is 5.56 Å². The van der Waals surface area contributed by atoms with Crippen LogP contribution in [-0.2, 0) is 12.2 Å². The summed E-state index contributed by atoms with van der Waals surface area (Å²) in [5.41, 5.74) is 1.43. The fourth-order valence-electron chi connectivity index (χ4n) is 3.37. The first-order valence-electron chi connectivity index (χ1n) is 9.94. The lowest BCUT2D eigenvalue weighted by molar-refractivity contribution is 0.474. The second-order valence-electron chi connectivity index (χ2n) is 7.04. The molecule has 0 amide bonds. The van der Waals surface area contributed by atoms with Gasteiger partial charge in [-0.3, -0.25) is 9.36 Å². The van der Waals surface area contributed by atoms with Crippen molar-refractivity contribution in [1.82, 2.24) is 19.7 Å². The second-order valence-corrected chi connectivity index (χ2v) is 7.99. The quantitative estimate of drug-likeness (QED) is 0.277. The largest absolute Gasteiger partial charge is 0.424 e. The Hall–Kier alpha value is -3.78. The molecule has 3 aromatic carbocycles. The van der Waals surface area contributed by atoms with E-state index in [1.54, 1.807) is 36.4 Å². The third kappa shape index (κ3) is 4.04. The van der Waals surface area contributed by atoms with Crippen molar-refractivity contribution in [3.63, 3.8) is 0 Å². The Morgan fingerprint density at radius 2 is 1.59 bits per heavy atom. The Balaban J connectivity index is 1.47. The van der Waals surface area contributed by atoms with Gasteiger partial charge < -0.3 is 4.42 Å². The summed E-state index contributed by atoms with van der Waals surface area (Å²) in [6.45, 7) is 0. The molecule has 0 saturated carbocycles.